The quantitative estimate of drug-likeness (QED) is 0.519. The van der Waals surface area contributed by atoms with Gasteiger partial charge < -0.3 is 9.80 Å². The zero-order valence-electron chi connectivity index (χ0n) is 12.3. The van der Waals surface area contributed by atoms with Gasteiger partial charge in [0.05, 0.1) is 11.5 Å². The Morgan fingerprint density at radius 2 is 1.76 bits per heavy atom. The van der Waals surface area contributed by atoms with Crippen molar-refractivity contribution in [1.82, 2.24) is 9.80 Å². The van der Waals surface area contributed by atoms with Crippen molar-refractivity contribution in [2.24, 2.45) is 0 Å². The molecule has 6 nitrogen and oxygen atoms in total. The molecule has 1 unspecified atom stereocenters. The lowest BCUT2D eigenvalue weighted by Crippen LogP contribution is -2.49. The predicted molar refractivity (Wildman–Crippen MR) is 81.4 cm³/mol. The molecule has 1 atom stereocenters. The normalized spacial score (nSPS) is 19.8. The topological polar surface area (TPSA) is 74.8 Å². The second kappa shape index (κ2) is 7.40. The van der Waals surface area contributed by atoms with E-state index in [1.807, 2.05) is 0 Å². The molecule has 1 fully saturated rings. The Morgan fingerprint density at radius 1 is 1.19 bits per heavy atom. The minimum absolute atomic E-state index is 0.0667. The molecule has 118 valence electrons. The highest BCUT2D eigenvalue weighted by Gasteiger charge is 2.36. The largest absolute Gasteiger partial charge is 0.331 e. The lowest BCUT2D eigenvalue weighted by atomic mass is 10.2. The van der Waals surface area contributed by atoms with Crippen molar-refractivity contribution < 1.29 is 18.0 Å². The summed E-state index contributed by atoms with van der Waals surface area (Å²) in [5, 5.41) is 0. The molecule has 1 aliphatic heterocycles. The van der Waals surface area contributed by atoms with E-state index in [1.54, 1.807) is 6.92 Å². The van der Waals surface area contributed by atoms with Crippen molar-refractivity contribution in [2.45, 2.75) is 19.4 Å². The Labute approximate surface area is 126 Å². The second-order valence-corrected chi connectivity index (χ2v) is 7.16. The van der Waals surface area contributed by atoms with Crippen molar-refractivity contribution in [3.8, 4) is 0 Å². The van der Waals surface area contributed by atoms with Crippen molar-refractivity contribution in [3.05, 3.63) is 25.3 Å². The van der Waals surface area contributed by atoms with Crippen LogP contribution in [-0.4, -0.2) is 67.2 Å². The van der Waals surface area contributed by atoms with Gasteiger partial charge in [0.1, 0.15) is 0 Å². The number of carbonyl (C=O) groups excluding carboxylic acids is 2. The van der Waals surface area contributed by atoms with E-state index < -0.39 is 27.7 Å². The minimum atomic E-state index is -3.10. The molecule has 21 heavy (non-hydrogen) atoms. The Balaban J connectivity index is 2.84. The average molecular weight is 314 g/mol. The lowest BCUT2D eigenvalue weighted by molar-refractivity contribution is -0.152. The summed E-state index contributed by atoms with van der Waals surface area (Å²) in [7, 11) is -3.10. The summed E-state index contributed by atoms with van der Waals surface area (Å²) < 4.78 is 23.1. The molecule has 0 aromatic heterocycles. The van der Waals surface area contributed by atoms with Crippen molar-refractivity contribution in [3.63, 3.8) is 0 Å². The van der Waals surface area contributed by atoms with Crippen LogP contribution in [0.4, 0.5) is 0 Å². The summed E-state index contributed by atoms with van der Waals surface area (Å²) in [4.78, 5) is 27.2. The SMILES string of the molecule is C=CCN(CC=C)C(=O)C(=O)N(CC)C1CCS(=O)(=O)C1. The molecular formula is C14H22N2O4S. The van der Waals surface area contributed by atoms with Gasteiger partial charge in [-0.1, -0.05) is 12.2 Å². The highest BCUT2D eigenvalue weighted by molar-refractivity contribution is 7.91. The predicted octanol–water partition coefficient (Wildman–Crippen LogP) is 0.223. The molecule has 1 aliphatic rings. The summed E-state index contributed by atoms with van der Waals surface area (Å²) >= 11 is 0. The number of hydrogen-bond donors (Lipinski definition) is 0. The molecule has 1 rings (SSSR count). The summed E-state index contributed by atoms with van der Waals surface area (Å²) in [5.41, 5.74) is 0. The van der Waals surface area contributed by atoms with E-state index in [9.17, 15) is 18.0 Å². The first-order valence-corrected chi connectivity index (χ1v) is 8.70. The summed E-state index contributed by atoms with van der Waals surface area (Å²) in [6.45, 7) is 9.65. The molecule has 2 amide bonds. The number of amides is 2. The van der Waals surface area contributed by atoms with Crippen LogP contribution in [0.1, 0.15) is 13.3 Å². The molecule has 1 saturated heterocycles. The number of nitrogens with zero attached hydrogens (tertiary/aromatic N) is 2. The van der Waals surface area contributed by atoms with E-state index >= 15 is 0 Å². The molecule has 0 aromatic rings. The Kier molecular flexibility index (Phi) is 6.14. The van der Waals surface area contributed by atoms with Crippen molar-refractivity contribution in [1.29, 1.82) is 0 Å². The fourth-order valence-electron chi connectivity index (χ4n) is 2.40. The number of carbonyl (C=O) groups is 2. The van der Waals surface area contributed by atoms with E-state index in [1.165, 1.54) is 22.0 Å². The molecular weight excluding hydrogens is 292 g/mol. The molecule has 0 bridgehead atoms. The fraction of sp³-hybridized carbons (Fsp3) is 0.571. The van der Waals surface area contributed by atoms with Crippen LogP contribution in [-0.2, 0) is 19.4 Å². The van der Waals surface area contributed by atoms with E-state index in [-0.39, 0.29) is 24.6 Å². The van der Waals surface area contributed by atoms with Gasteiger partial charge in [-0.2, -0.15) is 0 Å². The molecule has 0 N–H and O–H groups in total. The third kappa shape index (κ3) is 4.42. The maximum atomic E-state index is 12.3. The summed E-state index contributed by atoms with van der Waals surface area (Å²) in [6.07, 6.45) is 3.45. The second-order valence-electron chi connectivity index (χ2n) is 4.94. The number of sulfone groups is 1. The van der Waals surface area contributed by atoms with Gasteiger partial charge >= 0.3 is 11.8 Å². The van der Waals surface area contributed by atoms with Gasteiger partial charge in [-0.3, -0.25) is 9.59 Å². The van der Waals surface area contributed by atoms with Crippen LogP contribution in [0.2, 0.25) is 0 Å². The van der Waals surface area contributed by atoms with Crippen LogP contribution in [0.15, 0.2) is 25.3 Å². The molecule has 7 heteroatoms. The van der Waals surface area contributed by atoms with E-state index in [4.69, 9.17) is 0 Å². The van der Waals surface area contributed by atoms with Crippen molar-refractivity contribution >= 4 is 21.7 Å². The summed E-state index contributed by atoms with van der Waals surface area (Å²) in [5.74, 6) is -1.31. The van der Waals surface area contributed by atoms with Gasteiger partial charge in [-0.15, -0.1) is 13.2 Å². The van der Waals surface area contributed by atoms with Gasteiger partial charge in [-0.25, -0.2) is 8.42 Å². The molecule has 0 aliphatic carbocycles. The van der Waals surface area contributed by atoms with E-state index in [0.717, 1.165) is 0 Å². The summed E-state index contributed by atoms with van der Waals surface area (Å²) in [6, 6.07) is -0.411. The monoisotopic (exact) mass is 314 g/mol. The van der Waals surface area contributed by atoms with Gasteiger partial charge in [0.2, 0.25) is 0 Å². The van der Waals surface area contributed by atoms with E-state index in [0.29, 0.717) is 13.0 Å². The Bertz CT molecular complexity index is 517. The number of hydrogen-bond acceptors (Lipinski definition) is 4. The van der Waals surface area contributed by atoms with Crippen LogP contribution in [0, 0.1) is 0 Å². The van der Waals surface area contributed by atoms with Gasteiger partial charge in [0, 0.05) is 25.7 Å². The number of likely N-dealkylation sites (N-methyl/N-ethyl adjacent to an activating group) is 1. The minimum Gasteiger partial charge on any atom is -0.331 e. The van der Waals surface area contributed by atoms with E-state index in [2.05, 4.69) is 13.2 Å². The highest BCUT2D eigenvalue weighted by atomic mass is 32.2. The van der Waals surface area contributed by atoms with Gasteiger partial charge in [0.25, 0.3) is 0 Å². The first-order chi connectivity index (χ1) is 9.86. The molecule has 0 spiro atoms. The Morgan fingerprint density at radius 3 is 2.14 bits per heavy atom. The third-order valence-corrected chi connectivity index (χ3v) is 5.17. The average Bonchev–Trinajstić information content (AvgIpc) is 2.78. The third-order valence-electron chi connectivity index (χ3n) is 3.42. The lowest BCUT2D eigenvalue weighted by Gasteiger charge is -2.28. The zero-order chi connectivity index (χ0) is 16.0. The van der Waals surface area contributed by atoms with Crippen LogP contribution >= 0.6 is 0 Å². The zero-order valence-corrected chi connectivity index (χ0v) is 13.1. The van der Waals surface area contributed by atoms with Crippen LogP contribution in [0.5, 0.6) is 0 Å². The van der Waals surface area contributed by atoms with Gasteiger partial charge in [-0.05, 0) is 13.3 Å². The van der Waals surface area contributed by atoms with Crippen LogP contribution < -0.4 is 0 Å². The Hall–Kier alpha value is -1.63. The standard InChI is InChI=1S/C14H22N2O4S/c1-4-8-15(9-5-2)13(17)14(18)16(6-3)12-7-10-21(19,20)11-12/h4-5,12H,1-2,6-11H2,3H3. The smallest absolute Gasteiger partial charge is 0.312 e. The maximum Gasteiger partial charge on any atom is 0.312 e. The molecule has 0 aromatic carbocycles. The van der Waals surface area contributed by atoms with Gasteiger partial charge in [0.15, 0.2) is 9.84 Å². The van der Waals surface area contributed by atoms with Crippen LogP contribution in [0.25, 0.3) is 0 Å². The molecule has 0 saturated carbocycles. The first-order valence-electron chi connectivity index (χ1n) is 6.88. The van der Waals surface area contributed by atoms with Crippen LogP contribution in [0.3, 0.4) is 0 Å². The number of rotatable bonds is 6. The molecule has 0 radical (unpaired) electrons. The fourth-order valence-corrected chi connectivity index (χ4v) is 4.13. The van der Waals surface area contributed by atoms with Crippen molar-refractivity contribution in [2.75, 3.05) is 31.1 Å². The first kappa shape index (κ1) is 17.4. The maximum absolute atomic E-state index is 12.3. The highest BCUT2D eigenvalue weighted by Crippen LogP contribution is 2.18. The molecule has 1 heterocycles.